The minimum atomic E-state index is -1.81. The molecule has 120 valence electrons. The van der Waals surface area contributed by atoms with Crippen LogP contribution >= 0.6 is 0 Å². The van der Waals surface area contributed by atoms with Crippen LogP contribution < -0.4 is 11.1 Å². The average molecular weight is 319 g/mol. The highest BCUT2D eigenvalue weighted by atomic mass is 16.2. The van der Waals surface area contributed by atoms with Crippen LogP contribution in [0.15, 0.2) is 30.3 Å². The number of nitriles is 3. The zero-order valence-corrected chi connectivity index (χ0v) is 13.4. The fraction of sp³-hybridized carbons (Fsp3) is 0.444. The van der Waals surface area contributed by atoms with Gasteiger partial charge in [-0.3, -0.25) is 4.79 Å². The first-order valence-electron chi connectivity index (χ1n) is 7.76. The lowest BCUT2D eigenvalue weighted by molar-refractivity contribution is -0.129. The van der Waals surface area contributed by atoms with Crippen LogP contribution in [0, 0.1) is 56.7 Å². The van der Waals surface area contributed by atoms with Crippen LogP contribution in [0.5, 0.6) is 0 Å². The van der Waals surface area contributed by atoms with Crippen LogP contribution in [0.4, 0.5) is 0 Å². The van der Waals surface area contributed by atoms with Gasteiger partial charge in [0.15, 0.2) is 10.8 Å². The van der Waals surface area contributed by atoms with E-state index in [1.807, 2.05) is 31.2 Å². The van der Waals surface area contributed by atoms with Gasteiger partial charge in [-0.15, -0.1) is 0 Å². The summed E-state index contributed by atoms with van der Waals surface area (Å²) in [6.45, 7) is 3.49. The minimum Gasteiger partial charge on any atom is -0.336 e. The van der Waals surface area contributed by atoms with Gasteiger partial charge >= 0.3 is 0 Å². The number of amides is 1. The summed E-state index contributed by atoms with van der Waals surface area (Å²) in [5, 5.41) is 32.6. The van der Waals surface area contributed by atoms with E-state index in [9.17, 15) is 20.6 Å². The Morgan fingerprint density at radius 1 is 1.08 bits per heavy atom. The molecule has 1 heterocycles. The monoisotopic (exact) mass is 319 g/mol. The predicted octanol–water partition coefficient (Wildman–Crippen LogP) is 1.38. The predicted molar refractivity (Wildman–Crippen MR) is 84.3 cm³/mol. The van der Waals surface area contributed by atoms with Crippen molar-refractivity contribution in [3.05, 3.63) is 35.9 Å². The minimum absolute atomic E-state index is 0.401. The molecule has 1 aromatic rings. The summed E-state index contributed by atoms with van der Waals surface area (Å²) in [6.07, 6.45) is 0. The van der Waals surface area contributed by atoms with Crippen LogP contribution in [0.3, 0.4) is 0 Å². The molecule has 5 atom stereocenters. The number of carbonyl (C=O) groups is 1. The molecule has 0 radical (unpaired) electrons. The first-order chi connectivity index (χ1) is 11.4. The summed E-state index contributed by atoms with van der Waals surface area (Å²) < 4.78 is 0. The lowest BCUT2D eigenvalue weighted by Crippen LogP contribution is -2.66. The number of benzene rings is 1. The van der Waals surface area contributed by atoms with E-state index < -0.39 is 40.2 Å². The Labute approximate surface area is 140 Å². The first-order valence-corrected chi connectivity index (χ1v) is 7.76. The Balaban J connectivity index is 2.40. The van der Waals surface area contributed by atoms with Gasteiger partial charge in [-0.2, -0.15) is 15.8 Å². The summed E-state index contributed by atoms with van der Waals surface area (Å²) in [5.74, 6) is -2.36. The Kier molecular flexibility index (Phi) is 3.20. The number of nitrogens with one attached hydrogen (secondary N) is 1. The molecule has 0 aromatic heterocycles. The molecule has 6 heteroatoms. The fourth-order valence-electron chi connectivity index (χ4n) is 4.66. The molecule has 1 aliphatic heterocycles. The van der Waals surface area contributed by atoms with Gasteiger partial charge in [0.2, 0.25) is 5.91 Å². The smallest absolute Gasteiger partial charge is 0.245 e. The summed E-state index contributed by atoms with van der Waals surface area (Å²) in [5.41, 5.74) is 2.45. The van der Waals surface area contributed by atoms with Crippen molar-refractivity contribution in [1.29, 1.82) is 15.8 Å². The van der Waals surface area contributed by atoms with Crippen molar-refractivity contribution in [2.45, 2.75) is 25.4 Å². The van der Waals surface area contributed by atoms with Gasteiger partial charge in [0.05, 0.1) is 23.9 Å². The topological polar surface area (TPSA) is 126 Å². The maximum atomic E-state index is 12.8. The number of carbonyl (C=O) groups excluding carboxylic acids is 1. The van der Waals surface area contributed by atoms with Crippen molar-refractivity contribution in [2.75, 3.05) is 0 Å². The van der Waals surface area contributed by atoms with E-state index in [2.05, 4.69) is 5.32 Å². The molecule has 0 unspecified atom stereocenters. The van der Waals surface area contributed by atoms with Gasteiger partial charge in [0.1, 0.15) is 0 Å². The van der Waals surface area contributed by atoms with Crippen molar-refractivity contribution in [1.82, 2.24) is 5.32 Å². The lowest BCUT2D eigenvalue weighted by Gasteiger charge is -2.52. The molecular formula is C18H17N5O. The standard InChI is InChI=1S/C18H17N5O/c1-11-14(13-6-4-3-5-7-13)16(8-19,9-20)17(10-21)12(2)18(11,22)23-15(17)24/h3-7,11-12,14H,22H2,1-2H3,(H,23,24)/t11-,12-,14-,17+,18-/m1/s1. The average Bonchev–Trinajstić information content (AvgIpc) is 2.77. The summed E-state index contributed by atoms with van der Waals surface area (Å²) in [4.78, 5) is 12.8. The second-order valence-corrected chi connectivity index (χ2v) is 6.74. The zero-order chi connectivity index (χ0) is 17.8. The van der Waals surface area contributed by atoms with E-state index in [0.29, 0.717) is 0 Å². The van der Waals surface area contributed by atoms with Gasteiger partial charge < -0.3 is 11.1 Å². The van der Waals surface area contributed by atoms with E-state index >= 15 is 0 Å². The maximum absolute atomic E-state index is 12.8. The Bertz CT molecular complexity index is 816. The molecular weight excluding hydrogens is 302 g/mol. The highest BCUT2D eigenvalue weighted by Gasteiger charge is 2.79. The van der Waals surface area contributed by atoms with Crippen LogP contribution in [0.1, 0.15) is 25.3 Å². The second kappa shape index (κ2) is 4.81. The molecule has 2 aliphatic rings. The molecule has 1 aliphatic carbocycles. The quantitative estimate of drug-likeness (QED) is 0.808. The van der Waals surface area contributed by atoms with Crippen LogP contribution in [0.2, 0.25) is 0 Å². The van der Waals surface area contributed by atoms with E-state index in [1.54, 1.807) is 31.2 Å². The number of fused-ring (bicyclic) bond motifs is 2. The fourth-order valence-corrected chi connectivity index (χ4v) is 4.66. The van der Waals surface area contributed by atoms with Crippen molar-refractivity contribution >= 4 is 5.91 Å². The summed E-state index contributed by atoms with van der Waals surface area (Å²) >= 11 is 0. The third-order valence-corrected chi connectivity index (χ3v) is 6.08. The number of rotatable bonds is 1. The van der Waals surface area contributed by atoms with Crippen LogP contribution in [-0.2, 0) is 4.79 Å². The highest BCUT2D eigenvalue weighted by Crippen LogP contribution is 2.66. The Hall–Kier alpha value is -2.88. The number of nitrogens with zero attached hydrogens (tertiary/aromatic N) is 3. The molecule has 0 spiro atoms. The van der Waals surface area contributed by atoms with Gasteiger partial charge in [0.25, 0.3) is 0 Å². The van der Waals surface area contributed by atoms with Gasteiger partial charge in [-0.05, 0) is 5.56 Å². The lowest BCUT2D eigenvalue weighted by atomic mass is 9.45. The molecule has 24 heavy (non-hydrogen) atoms. The van der Waals surface area contributed by atoms with Crippen LogP contribution in [0.25, 0.3) is 0 Å². The molecule has 2 bridgehead atoms. The zero-order valence-electron chi connectivity index (χ0n) is 13.4. The first kappa shape index (κ1) is 16.0. The number of nitrogens with two attached hydrogens (primary N) is 1. The molecule has 1 saturated carbocycles. The number of hydrogen-bond donors (Lipinski definition) is 2. The van der Waals surface area contributed by atoms with Gasteiger partial charge in [-0.25, -0.2) is 0 Å². The van der Waals surface area contributed by atoms with Gasteiger partial charge in [-0.1, -0.05) is 44.2 Å². The molecule has 1 saturated heterocycles. The summed E-state index contributed by atoms with van der Waals surface area (Å²) in [7, 11) is 0. The largest absolute Gasteiger partial charge is 0.336 e. The normalized spacial score (nSPS) is 39.2. The molecule has 3 N–H and O–H groups in total. The summed E-state index contributed by atoms with van der Waals surface area (Å²) in [6, 6.07) is 15.1. The third-order valence-electron chi connectivity index (χ3n) is 6.08. The van der Waals surface area contributed by atoms with Crippen molar-refractivity contribution in [3.63, 3.8) is 0 Å². The van der Waals surface area contributed by atoms with Crippen LogP contribution in [-0.4, -0.2) is 11.6 Å². The Morgan fingerprint density at radius 2 is 1.67 bits per heavy atom. The van der Waals surface area contributed by atoms with Crippen molar-refractivity contribution in [3.8, 4) is 18.2 Å². The molecule has 1 aromatic carbocycles. The highest BCUT2D eigenvalue weighted by molar-refractivity contribution is 5.93. The van der Waals surface area contributed by atoms with E-state index in [-0.39, 0.29) is 0 Å². The SMILES string of the molecule is C[C@@H]1[C@H](c2ccccc2)C(C#N)(C#N)[C@]2(C#N)C(=O)N[C@@]1(N)[C@@H]2C. The van der Waals surface area contributed by atoms with Gasteiger partial charge in [0, 0.05) is 17.8 Å². The Morgan fingerprint density at radius 3 is 2.17 bits per heavy atom. The molecule has 2 fully saturated rings. The molecule has 1 amide bonds. The van der Waals surface area contributed by atoms with E-state index in [0.717, 1.165) is 5.56 Å². The molecule has 6 nitrogen and oxygen atoms in total. The molecule has 3 rings (SSSR count). The third kappa shape index (κ3) is 1.44. The van der Waals surface area contributed by atoms with E-state index in [1.165, 1.54) is 0 Å². The van der Waals surface area contributed by atoms with Crippen molar-refractivity contribution < 1.29 is 4.79 Å². The van der Waals surface area contributed by atoms with Crippen molar-refractivity contribution in [2.24, 2.45) is 28.4 Å². The second-order valence-electron chi connectivity index (χ2n) is 6.74. The maximum Gasteiger partial charge on any atom is 0.245 e. The van der Waals surface area contributed by atoms with E-state index in [4.69, 9.17) is 5.73 Å². The number of hydrogen-bond acceptors (Lipinski definition) is 5.